The Balaban J connectivity index is 1.93. The summed E-state index contributed by atoms with van der Waals surface area (Å²) < 4.78 is 39.6. The van der Waals surface area contributed by atoms with E-state index in [2.05, 4.69) is 4.85 Å². The number of hydrogen-bond acceptors (Lipinski definition) is 1. The maximum absolute atomic E-state index is 8.43. The monoisotopic (exact) mass is 345 g/mol. The Hall–Kier alpha value is -3.12. The van der Waals surface area contributed by atoms with Crippen LogP contribution in [0.5, 0.6) is 0 Å². The number of hydrogen-bond donors (Lipinski definition) is 0. The predicted molar refractivity (Wildman–Crippen MR) is 105 cm³/mol. The van der Waals surface area contributed by atoms with E-state index in [0.717, 1.165) is 27.6 Å². The first-order valence-electron chi connectivity index (χ1n) is 10.4. The molecule has 0 amide bonds. The Bertz CT molecular complexity index is 1340. The molecule has 4 aromatic rings. The van der Waals surface area contributed by atoms with Gasteiger partial charge in [-0.2, -0.15) is 0 Å². The van der Waals surface area contributed by atoms with E-state index >= 15 is 0 Å². The Morgan fingerprint density at radius 1 is 1.15 bits per heavy atom. The highest BCUT2D eigenvalue weighted by molar-refractivity contribution is 6.07. The number of aromatic nitrogens is 1. The quantitative estimate of drug-likeness (QED) is 0.319. The predicted octanol–water partition coefficient (Wildman–Crippen LogP) is 6.06. The molecule has 0 bridgehead atoms. The van der Waals surface area contributed by atoms with Gasteiger partial charge in [-0.05, 0) is 42.1 Å². The van der Waals surface area contributed by atoms with Gasteiger partial charge in [0.25, 0.3) is 0 Å². The van der Waals surface area contributed by atoms with Crippen LogP contribution in [0.25, 0.3) is 38.0 Å². The Morgan fingerprint density at radius 3 is 2.73 bits per heavy atom. The van der Waals surface area contributed by atoms with Crippen molar-refractivity contribution in [2.75, 3.05) is 0 Å². The number of rotatable bonds is 2. The lowest BCUT2D eigenvalue weighted by molar-refractivity contribution is -0.660. The molecule has 3 nitrogen and oxygen atoms in total. The molecular weight excluding hydrogens is 320 g/mol. The van der Waals surface area contributed by atoms with Crippen LogP contribution in [0.2, 0.25) is 0 Å². The zero-order valence-corrected chi connectivity index (χ0v) is 14.9. The van der Waals surface area contributed by atoms with Gasteiger partial charge in [0.05, 0.1) is 12.1 Å². The number of furan rings is 1. The van der Waals surface area contributed by atoms with Crippen molar-refractivity contribution in [1.29, 1.82) is 0 Å². The lowest BCUT2D eigenvalue weighted by Gasteiger charge is -2.09. The highest BCUT2D eigenvalue weighted by Crippen LogP contribution is 2.35. The van der Waals surface area contributed by atoms with Crippen molar-refractivity contribution in [1.82, 2.24) is 0 Å². The summed E-state index contributed by atoms with van der Waals surface area (Å²) in [4.78, 5) is 3.46. The minimum atomic E-state index is -2.44. The molecule has 1 unspecified atom stereocenters. The van der Waals surface area contributed by atoms with E-state index in [4.69, 9.17) is 16.5 Å². The van der Waals surface area contributed by atoms with Crippen LogP contribution in [0.15, 0.2) is 53.1 Å². The van der Waals surface area contributed by atoms with E-state index < -0.39 is 12.7 Å². The van der Waals surface area contributed by atoms with Crippen LogP contribution in [0.3, 0.4) is 0 Å². The molecule has 26 heavy (non-hydrogen) atoms. The summed E-state index contributed by atoms with van der Waals surface area (Å²) >= 11 is 0. The maximum Gasteiger partial charge on any atom is 0.212 e. The van der Waals surface area contributed by atoms with Crippen molar-refractivity contribution in [3.05, 3.63) is 71.2 Å². The van der Waals surface area contributed by atoms with Crippen LogP contribution >= 0.6 is 0 Å². The number of pyridine rings is 1. The fraction of sp³-hybridized carbons (Fsp3) is 0.217. The van der Waals surface area contributed by atoms with Gasteiger partial charge < -0.3 is 4.42 Å². The second kappa shape index (κ2) is 6.00. The molecule has 4 rings (SSSR count). The van der Waals surface area contributed by atoms with Gasteiger partial charge in [-0.25, -0.2) is 9.41 Å². The minimum absolute atomic E-state index is 0.432. The van der Waals surface area contributed by atoms with Gasteiger partial charge in [0.2, 0.25) is 5.69 Å². The molecule has 0 radical (unpaired) electrons. The molecule has 0 aliphatic rings. The highest BCUT2D eigenvalue weighted by atomic mass is 16.3. The SMILES string of the molecule is [2H]C([2H])([2H])C([2H])(C)c1cc[n+](C)c(-c2cc3oc4cc([N+]#[C-])ccc4c3cc2C)c1. The third-order valence-corrected chi connectivity index (χ3v) is 4.79. The van der Waals surface area contributed by atoms with Gasteiger partial charge in [-0.3, -0.25) is 0 Å². The van der Waals surface area contributed by atoms with Crippen LogP contribution in [-0.4, -0.2) is 0 Å². The lowest BCUT2D eigenvalue weighted by atomic mass is 9.97. The summed E-state index contributed by atoms with van der Waals surface area (Å²) in [6, 6.07) is 12.9. The van der Waals surface area contributed by atoms with Gasteiger partial charge in [0, 0.05) is 28.4 Å². The summed E-state index contributed by atoms with van der Waals surface area (Å²) in [5.74, 6) is -1.72. The van der Waals surface area contributed by atoms with Crippen LogP contribution in [-0.2, 0) is 7.05 Å². The standard InChI is InChI=1S/C23H21N2O/c1-14(2)16-8-9-25(5)21(11-16)19-13-23-20(10-15(19)3)18-7-6-17(24-4)12-22(18)26-23/h6-14H,1-3,5H3/q+1/i1D3,14D. The van der Waals surface area contributed by atoms with E-state index in [1.165, 1.54) is 6.92 Å². The van der Waals surface area contributed by atoms with Crippen LogP contribution in [0.1, 0.15) is 36.3 Å². The number of benzene rings is 2. The average Bonchev–Trinajstić information content (AvgIpc) is 3.03. The molecule has 128 valence electrons. The summed E-state index contributed by atoms with van der Waals surface area (Å²) in [7, 11) is 1.89. The highest BCUT2D eigenvalue weighted by Gasteiger charge is 2.18. The third kappa shape index (κ3) is 2.55. The molecule has 0 aliphatic carbocycles. The third-order valence-electron chi connectivity index (χ3n) is 4.79. The zero-order chi connectivity index (χ0) is 21.8. The van der Waals surface area contributed by atoms with E-state index in [1.54, 1.807) is 30.5 Å². The van der Waals surface area contributed by atoms with Gasteiger partial charge >= 0.3 is 0 Å². The second-order valence-corrected chi connectivity index (χ2v) is 6.59. The molecule has 1 atom stereocenters. The first-order valence-corrected chi connectivity index (χ1v) is 8.38. The lowest BCUT2D eigenvalue weighted by Crippen LogP contribution is -2.30. The van der Waals surface area contributed by atoms with Gasteiger partial charge in [-0.1, -0.05) is 25.9 Å². The molecule has 0 N–H and O–H groups in total. The molecule has 0 fully saturated rings. The molecule has 0 aliphatic heterocycles. The maximum atomic E-state index is 8.43. The van der Waals surface area contributed by atoms with Crippen molar-refractivity contribution in [3.63, 3.8) is 0 Å². The van der Waals surface area contributed by atoms with E-state index in [0.29, 0.717) is 22.4 Å². The minimum Gasteiger partial charge on any atom is -0.457 e. The fourth-order valence-electron chi connectivity index (χ4n) is 3.34. The topological polar surface area (TPSA) is 21.4 Å². The Morgan fingerprint density at radius 2 is 1.96 bits per heavy atom. The van der Waals surface area contributed by atoms with Gasteiger partial charge in [0.15, 0.2) is 11.9 Å². The van der Waals surface area contributed by atoms with Crippen LogP contribution in [0, 0.1) is 13.5 Å². The number of aryl methyl sites for hydroxylation is 2. The summed E-state index contributed by atoms with van der Waals surface area (Å²) in [5, 5.41) is 1.92. The Labute approximate surface area is 158 Å². The summed E-state index contributed by atoms with van der Waals surface area (Å²) in [6.07, 6.45) is 1.79. The van der Waals surface area contributed by atoms with Crippen molar-refractivity contribution >= 4 is 27.6 Å². The normalized spacial score (nSPS) is 16.4. The molecule has 0 saturated heterocycles. The first kappa shape index (κ1) is 12.3. The fourth-order valence-corrected chi connectivity index (χ4v) is 3.34. The molecule has 2 aromatic heterocycles. The Kier molecular flexibility index (Phi) is 2.83. The summed E-state index contributed by atoms with van der Waals surface area (Å²) in [5.41, 5.74) is 5.03. The number of fused-ring (bicyclic) bond motifs is 3. The largest absolute Gasteiger partial charge is 0.457 e. The molecule has 0 saturated carbocycles. The second-order valence-electron chi connectivity index (χ2n) is 6.59. The van der Waals surface area contributed by atoms with Crippen molar-refractivity contribution in [2.24, 2.45) is 7.05 Å². The molecule has 3 heteroatoms. The summed E-state index contributed by atoms with van der Waals surface area (Å²) in [6.45, 7) is 8.17. The average molecular weight is 345 g/mol. The molecule has 2 aromatic carbocycles. The van der Waals surface area contributed by atoms with E-state index in [-0.39, 0.29) is 0 Å². The van der Waals surface area contributed by atoms with Crippen molar-refractivity contribution in [3.8, 4) is 11.3 Å². The van der Waals surface area contributed by atoms with Crippen molar-refractivity contribution < 1.29 is 14.5 Å². The van der Waals surface area contributed by atoms with Gasteiger partial charge in [-0.15, -0.1) is 0 Å². The number of nitrogens with zero attached hydrogens (tertiary/aromatic N) is 2. The smallest absolute Gasteiger partial charge is 0.212 e. The van der Waals surface area contributed by atoms with E-state index in [9.17, 15) is 0 Å². The molecule has 0 spiro atoms. The molecule has 2 heterocycles. The van der Waals surface area contributed by atoms with Gasteiger partial charge in [0.1, 0.15) is 18.2 Å². The van der Waals surface area contributed by atoms with Crippen molar-refractivity contribution in [2.45, 2.75) is 26.6 Å². The first-order chi connectivity index (χ1) is 14.0. The zero-order valence-electron chi connectivity index (χ0n) is 18.9. The van der Waals surface area contributed by atoms with E-state index in [1.807, 2.05) is 36.7 Å². The molecular formula is C23H21N2O+. The van der Waals surface area contributed by atoms with Crippen LogP contribution in [0.4, 0.5) is 5.69 Å². The van der Waals surface area contributed by atoms with Crippen LogP contribution < -0.4 is 4.57 Å².